The van der Waals surface area contributed by atoms with Gasteiger partial charge in [0, 0.05) is 25.9 Å². The summed E-state index contributed by atoms with van der Waals surface area (Å²) in [5, 5.41) is 17.5. The van der Waals surface area contributed by atoms with Gasteiger partial charge in [0.1, 0.15) is 5.69 Å². The van der Waals surface area contributed by atoms with Crippen molar-refractivity contribution in [2.24, 2.45) is 7.05 Å². The lowest BCUT2D eigenvalue weighted by molar-refractivity contribution is -0.119. The van der Waals surface area contributed by atoms with E-state index in [2.05, 4.69) is 31.5 Å². The highest BCUT2D eigenvalue weighted by molar-refractivity contribution is 7.99. The molecule has 2 aliphatic rings. The summed E-state index contributed by atoms with van der Waals surface area (Å²) in [5.74, 6) is 0.680. The number of aromatic nitrogens is 5. The van der Waals surface area contributed by atoms with E-state index >= 15 is 0 Å². The van der Waals surface area contributed by atoms with E-state index in [1.807, 2.05) is 23.9 Å². The number of ether oxygens (including phenoxy) is 1. The summed E-state index contributed by atoms with van der Waals surface area (Å²) in [6.45, 7) is 1.41. The Labute approximate surface area is 197 Å². The molecule has 32 heavy (non-hydrogen) atoms. The number of nitrogens with zero attached hydrogens (tertiary/aromatic N) is 5. The molecular formula is C20H30N8O2S2. The number of carbonyl (C=O) groups excluding carboxylic acids is 1. The van der Waals surface area contributed by atoms with Crippen LogP contribution in [0.5, 0.6) is 0 Å². The quantitative estimate of drug-likeness (QED) is 0.311. The molecule has 1 amide bonds. The molecule has 10 nitrogen and oxygen atoms in total. The highest BCUT2D eigenvalue weighted by atomic mass is 32.2. The first-order valence-corrected chi connectivity index (χ1v) is 12.5. The largest absolute Gasteiger partial charge is 0.376 e. The Kier molecular flexibility index (Phi) is 7.98. The highest BCUT2D eigenvalue weighted by Gasteiger charge is 2.23. The van der Waals surface area contributed by atoms with Crippen LogP contribution in [0.25, 0.3) is 11.5 Å². The minimum atomic E-state index is -0.186. The third-order valence-corrected chi connectivity index (χ3v) is 6.84. The van der Waals surface area contributed by atoms with E-state index in [-0.39, 0.29) is 17.8 Å². The molecule has 0 unspecified atom stereocenters. The van der Waals surface area contributed by atoms with Crippen LogP contribution in [0.4, 0.5) is 0 Å². The van der Waals surface area contributed by atoms with Gasteiger partial charge in [0.15, 0.2) is 16.1 Å². The summed E-state index contributed by atoms with van der Waals surface area (Å²) in [6, 6.07) is 2.29. The molecule has 0 spiro atoms. The molecule has 1 aliphatic heterocycles. The van der Waals surface area contributed by atoms with E-state index in [1.165, 1.54) is 31.0 Å². The molecule has 1 atom stereocenters. The Balaban J connectivity index is 1.32. The topological polar surface area (TPSA) is 111 Å². The van der Waals surface area contributed by atoms with Crippen LogP contribution in [-0.4, -0.2) is 60.1 Å². The zero-order valence-electron chi connectivity index (χ0n) is 18.2. The molecule has 1 saturated carbocycles. The van der Waals surface area contributed by atoms with E-state index in [9.17, 15) is 4.79 Å². The summed E-state index contributed by atoms with van der Waals surface area (Å²) in [7, 11) is 1.87. The fourth-order valence-corrected chi connectivity index (χ4v) is 5.00. The van der Waals surface area contributed by atoms with Gasteiger partial charge in [0.25, 0.3) is 0 Å². The molecule has 3 heterocycles. The second-order valence-electron chi connectivity index (χ2n) is 8.20. The molecule has 0 radical (unpaired) electrons. The van der Waals surface area contributed by atoms with Gasteiger partial charge in [-0.15, -0.1) is 10.2 Å². The number of thioether (sulfide) groups is 1. The van der Waals surface area contributed by atoms with Crippen LogP contribution in [0.15, 0.2) is 17.4 Å². The number of hydrazine groups is 1. The maximum atomic E-state index is 12.4. The average molecular weight is 479 g/mol. The molecule has 4 rings (SSSR count). The van der Waals surface area contributed by atoms with Gasteiger partial charge in [-0.1, -0.05) is 31.0 Å². The van der Waals surface area contributed by atoms with Crippen molar-refractivity contribution in [3.63, 3.8) is 0 Å². The van der Waals surface area contributed by atoms with Crippen LogP contribution >= 0.6 is 24.0 Å². The van der Waals surface area contributed by atoms with Crippen molar-refractivity contribution in [3.05, 3.63) is 12.3 Å². The van der Waals surface area contributed by atoms with Gasteiger partial charge >= 0.3 is 0 Å². The van der Waals surface area contributed by atoms with Crippen LogP contribution in [0.2, 0.25) is 0 Å². The molecule has 2 aromatic rings. The molecule has 1 aliphatic carbocycles. The summed E-state index contributed by atoms with van der Waals surface area (Å²) in [5.41, 5.74) is 6.22. The van der Waals surface area contributed by atoms with Gasteiger partial charge in [-0.2, -0.15) is 5.10 Å². The Hall–Kier alpha value is -2.18. The van der Waals surface area contributed by atoms with Crippen molar-refractivity contribution in [2.45, 2.75) is 68.8 Å². The van der Waals surface area contributed by atoms with Crippen molar-refractivity contribution >= 4 is 35.0 Å². The smallest absolute Gasteiger partial charge is 0.248 e. The zero-order chi connectivity index (χ0) is 22.3. The average Bonchev–Trinajstić information content (AvgIpc) is 3.54. The molecule has 174 valence electrons. The van der Waals surface area contributed by atoms with E-state index in [4.69, 9.17) is 17.0 Å². The Bertz CT molecular complexity index is 919. The molecule has 2 aromatic heterocycles. The molecule has 2 fully saturated rings. The van der Waals surface area contributed by atoms with Gasteiger partial charge in [0.05, 0.1) is 18.4 Å². The lowest BCUT2D eigenvalue weighted by atomic mass is 9.96. The van der Waals surface area contributed by atoms with Crippen LogP contribution in [0.1, 0.15) is 44.9 Å². The molecule has 12 heteroatoms. The van der Waals surface area contributed by atoms with E-state index in [0.717, 1.165) is 38.0 Å². The predicted molar refractivity (Wildman–Crippen MR) is 126 cm³/mol. The Morgan fingerprint density at radius 2 is 2.06 bits per heavy atom. The molecule has 1 saturated heterocycles. The number of hydrogen-bond donors (Lipinski definition) is 3. The number of carbonyl (C=O) groups is 1. The van der Waals surface area contributed by atoms with Gasteiger partial charge in [-0.05, 0) is 44.0 Å². The molecule has 0 aromatic carbocycles. The summed E-state index contributed by atoms with van der Waals surface area (Å²) >= 11 is 6.63. The van der Waals surface area contributed by atoms with Gasteiger partial charge < -0.3 is 10.1 Å². The second-order valence-corrected chi connectivity index (χ2v) is 9.55. The maximum Gasteiger partial charge on any atom is 0.248 e. The summed E-state index contributed by atoms with van der Waals surface area (Å²) in [4.78, 5) is 12.4. The van der Waals surface area contributed by atoms with Gasteiger partial charge in [-0.3, -0.25) is 24.9 Å². The molecule has 0 bridgehead atoms. The van der Waals surface area contributed by atoms with Crippen molar-refractivity contribution in [1.82, 2.24) is 40.7 Å². The number of amides is 1. The summed E-state index contributed by atoms with van der Waals surface area (Å²) < 4.78 is 9.54. The van der Waals surface area contributed by atoms with Crippen molar-refractivity contribution in [2.75, 3.05) is 12.4 Å². The minimum Gasteiger partial charge on any atom is -0.376 e. The molecule has 3 N–H and O–H groups in total. The second kappa shape index (κ2) is 11.1. The van der Waals surface area contributed by atoms with Crippen molar-refractivity contribution < 1.29 is 9.53 Å². The first-order valence-electron chi connectivity index (χ1n) is 11.1. The zero-order valence-corrected chi connectivity index (χ0v) is 19.9. The van der Waals surface area contributed by atoms with E-state index in [0.29, 0.717) is 28.7 Å². The number of rotatable bonds is 7. The first-order chi connectivity index (χ1) is 15.6. The van der Waals surface area contributed by atoms with Crippen molar-refractivity contribution in [3.8, 4) is 11.5 Å². The van der Waals surface area contributed by atoms with Crippen LogP contribution in [0.3, 0.4) is 0 Å². The number of nitrogens with one attached hydrogen (secondary N) is 3. The molecular weight excluding hydrogens is 448 g/mol. The standard InChI is InChI=1S/C20H30N8O2S2/c1-27-10-9-16(26-27)18-23-25-20(28(18)12-15-8-5-11-30-15)32-13-17(29)22-24-19(31)21-14-6-3-2-4-7-14/h9-10,14-15H,2-8,11-13H2,1H3,(H,22,29)(H2,21,24,31)/t15-/m1/s1. The number of thiocarbonyl (C=S) groups is 1. The first kappa shape index (κ1) is 23.0. The Morgan fingerprint density at radius 3 is 2.78 bits per heavy atom. The van der Waals surface area contributed by atoms with E-state index in [1.54, 1.807) is 4.68 Å². The fraction of sp³-hybridized carbons (Fsp3) is 0.650. The van der Waals surface area contributed by atoms with Crippen LogP contribution in [0, 0.1) is 0 Å². The summed E-state index contributed by atoms with van der Waals surface area (Å²) in [6.07, 6.45) is 9.99. The third kappa shape index (κ3) is 6.20. The van der Waals surface area contributed by atoms with Crippen LogP contribution in [-0.2, 0) is 23.1 Å². The number of aryl methyl sites for hydroxylation is 1. The lowest BCUT2D eigenvalue weighted by Crippen LogP contribution is -2.50. The highest BCUT2D eigenvalue weighted by Crippen LogP contribution is 2.25. The monoisotopic (exact) mass is 478 g/mol. The SMILES string of the molecule is Cn1ccc(-c2nnc(SCC(=O)NNC(=S)NC3CCCCC3)n2C[C@H]2CCCO2)n1. The van der Waals surface area contributed by atoms with E-state index < -0.39 is 0 Å². The van der Waals surface area contributed by atoms with Gasteiger partial charge in [0.2, 0.25) is 5.91 Å². The normalized spacial score (nSPS) is 19.1. The van der Waals surface area contributed by atoms with Crippen LogP contribution < -0.4 is 16.2 Å². The lowest BCUT2D eigenvalue weighted by Gasteiger charge is -2.24. The maximum absolute atomic E-state index is 12.4. The minimum absolute atomic E-state index is 0.117. The third-order valence-electron chi connectivity index (χ3n) is 5.66. The van der Waals surface area contributed by atoms with Crippen molar-refractivity contribution in [1.29, 1.82) is 0 Å². The Morgan fingerprint density at radius 1 is 1.22 bits per heavy atom. The van der Waals surface area contributed by atoms with Gasteiger partial charge in [-0.25, -0.2) is 0 Å². The predicted octanol–water partition coefficient (Wildman–Crippen LogP) is 1.78. The fourth-order valence-electron chi connectivity index (χ4n) is 4.04. The number of hydrogen-bond acceptors (Lipinski definition) is 7.